The van der Waals surface area contributed by atoms with Gasteiger partial charge in [-0.25, -0.2) is 24.6 Å². The van der Waals surface area contributed by atoms with Crippen LogP contribution in [-0.4, -0.2) is 101 Å². The van der Waals surface area contributed by atoms with Gasteiger partial charge in [0.1, 0.15) is 0 Å². The summed E-state index contributed by atoms with van der Waals surface area (Å²) in [6.07, 6.45) is 12.3. The average Bonchev–Trinajstić information content (AvgIpc) is 3.67. The minimum atomic E-state index is 0. The van der Waals surface area contributed by atoms with Gasteiger partial charge >= 0.3 is 0 Å². The molecule has 228 valence electrons. The Labute approximate surface area is 261 Å². The first-order chi connectivity index (χ1) is 21.0. The molecule has 44 heavy (non-hydrogen) atoms. The lowest BCUT2D eigenvalue weighted by molar-refractivity contribution is -0.122. The van der Waals surface area contributed by atoms with Gasteiger partial charge in [0.25, 0.3) is 0 Å². The summed E-state index contributed by atoms with van der Waals surface area (Å²) in [4.78, 5) is 36.8. The second kappa shape index (κ2) is 12.6. The van der Waals surface area contributed by atoms with Gasteiger partial charge in [0.05, 0.1) is 24.1 Å². The normalized spacial score (nSPS) is 19.2. The van der Waals surface area contributed by atoms with Crippen molar-refractivity contribution in [1.82, 2.24) is 54.5 Å². The van der Waals surface area contributed by atoms with Gasteiger partial charge in [-0.3, -0.25) is 9.48 Å². The molecular weight excluding hydrogens is 580 g/mol. The largest absolute Gasteiger partial charge is 0.340 e. The number of likely N-dealkylation sites (N-methyl/N-ethyl adjacent to an activating group) is 1. The number of carbonyl (C=O) groups excluding carboxylic acids is 1. The van der Waals surface area contributed by atoms with Crippen LogP contribution >= 0.6 is 12.4 Å². The molecule has 1 aromatic carbocycles. The maximum Gasteiger partial charge on any atom is 0.225 e. The quantitative estimate of drug-likeness (QED) is 0.253. The highest BCUT2D eigenvalue weighted by molar-refractivity contribution is 5.85. The molecule has 14 heteroatoms. The Morgan fingerprint density at radius 1 is 0.909 bits per heavy atom. The predicted molar refractivity (Wildman–Crippen MR) is 168 cm³/mol. The Morgan fingerprint density at radius 2 is 1.73 bits per heavy atom. The van der Waals surface area contributed by atoms with Crippen LogP contribution in [0.4, 0.5) is 5.95 Å². The van der Waals surface area contributed by atoms with E-state index in [1.165, 1.54) is 0 Å². The van der Waals surface area contributed by atoms with E-state index in [2.05, 4.69) is 61.5 Å². The number of aryl methyl sites for hydroxylation is 1. The number of nitrogens with zero attached hydrogens (tertiary/aromatic N) is 12. The van der Waals surface area contributed by atoms with Crippen molar-refractivity contribution >= 4 is 36.1 Å². The number of piperazine rings is 1. The molecule has 1 unspecified atom stereocenters. The van der Waals surface area contributed by atoms with Crippen molar-refractivity contribution in [2.24, 2.45) is 13.0 Å². The van der Waals surface area contributed by atoms with Crippen LogP contribution < -0.4 is 4.90 Å². The van der Waals surface area contributed by atoms with Gasteiger partial charge in [-0.05, 0) is 36.9 Å². The molecule has 2 aliphatic rings. The molecule has 0 bridgehead atoms. The summed E-state index contributed by atoms with van der Waals surface area (Å²) in [7, 11) is 3.98. The number of carbonyl (C=O) groups is 1. The Balaban J connectivity index is 0.00000343. The number of piperidine rings is 1. The fourth-order valence-electron chi connectivity index (χ4n) is 6.10. The zero-order valence-corrected chi connectivity index (χ0v) is 25.6. The van der Waals surface area contributed by atoms with E-state index in [-0.39, 0.29) is 18.4 Å². The SMILES string of the molecule is CN1CCN(C=O)[C@@H](c2ccc(-c3cnc(N4CCCC(Cn5nnc6ncc(-c7cnn(C)c7)nc65)C4)nc3)cc2)C1.Cl. The number of halogens is 1. The Morgan fingerprint density at radius 3 is 2.48 bits per heavy atom. The van der Waals surface area contributed by atoms with Crippen LogP contribution in [0.5, 0.6) is 0 Å². The predicted octanol–water partition coefficient (Wildman–Crippen LogP) is 2.86. The third-order valence-electron chi connectivity index (χ3n) is 8.49. The Hall–Kier alpha value is -4.49. The zero-order chi connectivity index (χ0) is 29.3. The molecule has 4 aromatic heterocycles. The molecule has 0 N–H and O–H groups in total. The molecule has 1 amide bonds. The van der Waals surface area contributed by atoms with Gasteiger partial charge in [-0.1, -0.05) is 29.5 Å². The van der Waals surface area contributed by atoms with Crippen molar-refractivity contribution in [3.63, 3.8) is 0 Å². The van der Waals surface area contributed by atoms with E-state index in [4.69, 9.17) is 15.0 Å². The average molecular weight is 615 g/mol. The minimum Gasteiger partial charge on any atom is -0.340 e. The molecule has 5 aromatic rings. The standard InChI is InChI=1S/C30H34N12O.ClH/c1-38-10-11-41(20-43)27(19-38)23-7-5-22(6-8-23)24-12-32-30(33-13-24)40-9-3-4-21(16-40)17-42-29-28(36-37-42)31-15-26(35-29)25-14-34-39(2)18-25;/h5-8,12-15,18,20-21,27H,3-4,9-11,16-17,19H2,1-2H3;1H/t21?,27-;/m1./s1. The van der Waals surface area contributed by atoms with Crippen molar-refractivity contribution in [3.8, 4) is 22.4 Å². The molecule has 2 aliphatic heterocycles. The van der Waals surface area contributed by atoms with Crippen molar-refractivity contribution in [1.29, 1.82) is 0 Å². The molecule has 0 aliphatic carbocycles. The topological polar surface area (TPSA) is 127 Å². The van der Waals surface area contributed by atoms with Gasteiger partial charge in [0.15, 0.2) is 5.65 Å². The smallest absolute Gasteiger partial charge is 0.225 e. The summed E-state index contributed by atoms with van der Waals surface area (Å²) in [5.41, 5.74) is 6.04. The van der Waals surface area contributed by atoms with E-state index in [0.29, 0.717) is 23.8 Å². The van der Waals surface area contributed by atoms with E-state index in [9.17, 15) is 4.79 Å². The molecule has 0 radical (unpaired) electrons. The van der Waals surface area contributed by atoms with Crippen LogP contribution in [0.3, 0.4) is 0 Å². The van der Waals surface area contributed by atoms with Crippen molar-refractivity contribution in [2.75, 3.05) is 44.7 Å². The van der Waals surface area contributed by atoms with Crippen LogP contribution in [0, 0.1) is 5.92 Å². The number of hydrogen-bond acceptors (Lipinski definition) is 10. The highest BCUT2D eigenvalue weighted by Gasteiger charge is 2.26. The fraction of sp³-hybridized carbons (Fsp3) is 0.400. The van der Waals surface area contributed by atoms with Crippen LogP contribution in [0.1, 0.15) is 24.4 Å². The van der Waals surface area contributed by atoms with Crippen LogP contribution in [0.25, 0.3) is 33.7 Å². The van der Waals surface area contributed by atoms with Gasteiger partial charge in [-0.2, -0.15) is 5.10 Å². The number of rotatable bonds is 7. The van der Waals surface area contributed by atoms with Gasteiger partial charge in [0, 0.05) is 76.0 Å². The first-order valence-electron chi connectivity index (χ1n) is 14.7. The van der Waals surface area contributed by atoms with Crippen molar-refractivity contribution in [2.45, 2.75) is 25.4 Å². The number of anilines is 1. The van der Waals surface area contributed by atoms with Gasteiger partial charge in [0.2, 0.25) is 18.0 Å². The number of aromatic nitrogens is 9. The maximum atomic E-state index is 11.6. The second-order valence-corrected chi connectivity index (χ2v) is 11.5. The minimum absolute atomic E-state index is 0. The lowest BCUT2D eigenvalue weighted by Gasteiger charge is -2.38. The van der Waals surface area contributed by atoms with Crippen LogP contribution in [0.15, 0.2) is 55.2 Å². The molecule has 13 nitrogen and oxygen atoms in total. The summed E-state index contributed by atoms with van der Waals surface area (Å²) in [6.45, 7) is 4.91. The zero-order valence-electron chi connectivity index (χ0n) is 24.8. The number of amides is 1. The molecule has 6 heterocycles. The highest BCUT2D eigenvalue weighted by atomic mass is 35.5. The first kappa shape index (κ1) is 29.6. The fourth-order valence-corrected chi connectivity index (χ4v) is 6.10. The summed E-state index contributed by atoms with van der Waals surface area (Å²) in [5, 5.41) is 12.9. The molecule has 7 rings (SSSR count). The monoisotopic (exact) mass is 614 g/mol. The van der Waals surface area contributed by atoms with E-state index in [0.717, 1.165) is 85.9 Å². The number of hydrogen-bond donors (Lipinski definition) is 0. The van der Waals surface area contributed by atoms with Crippen LogP contribution in [-0.2, 0) is 18.4 Å². The van der Waals surface area contributed by atoms with E-state index in [1.54, 1.807) is 17.1 Å². The number of fused-ring (bicyclic) bond motifs is 1. The van der Waals surface area contributed by atoms with Crippen molar-refractivity contribution in [3.05, 3.63) is 60.8 Å². The first-order valence-corrected chi connectivity index (χ1v) is 14.7. The van der Waals surface area contributed by atoms with E-state index < -0.39 is 0 Å². The molecular formula is C30H35ClN12O. The Bertz CT molecular complexity index is 1720. The summed E-state index contributed by atoms with van der Waals surface area (Å²) in [6, 6.07) is 8.47. The van der Waals surface area contributed by atoms with E-state index in [1.807, 2.05) is 35.2 Å². The third kappa shape index (κ3) is 5.97. The molecule has 0 spiro atoms. The molecule has 2 atom stereocenters. The molecule has 2 fully saturated rings. The summed E-state index contributed by atoms with van der Waals surface area (Å²) in [5.74, 6) is 1.09. The maximum absolute atomic E-state index is 11.6. The molecule has 0 saturated carbocycles. The number of benzene rings is 1. The second-order valence-electron chi connectivity index (χ2n) is 11.5. The third-order valence-corrected chi connectivity index (χ3v) is 8.49. The van der Waals surface area contributed by atoms with Crippen molar-refractivity contribution < 1.29 is 4.79 Å². The van der Waals surface area contributed by atoms with Gasteiger partial charge in [-0.15, -0.1) is 17.5 Å². The van der Waals surface area contributed by atoms with Gasteiger partial charge < -0.3 is 14.7 Å². The summed E-state index contributed by atoms with van der Waals surface area (Å²) < 4.78 is 3.61. The van der Waals surface area contributed by atoms with Crippen LogP contribution in [0.2, 0.25) is 0 Å². The lowest BCUT2D eigenvalue weighted by atomic mass is 9.98. The summed E-state index contributed by atoms with van der Waals surface area (Å²) >= 11 is 0. The highest BCUT2D eigenvalue weighted by Crippen LogP contribution is 2.28. The lowest BCUT2D eigenvalue weighted by Crippen LogP contribution is -2.46. The Kier molecular flexibility index (Phi) is 8.49. The molecule has 2 saturated heterocycles. The van der Waals surface area contributed by atoms with E-state index >= 15 is 0 Å².